The van der Waals surface area contributed by atoms with Gasteiger partial charge in [-0.05, 0) is 18.6 Å². The van der Waals surface area contributed by atoms with Crippen LogP contribution in [0.3, 0.4) is 0 Å². The number of ether oxygens (including phenoxy) is 2. The SMILES string of the molecule is Cc1csc([C@H](C)CNC(=O)Cc2cc3c(cc2Cl)OCCO3)n1. The predicted molar refractivity (Wildman–Crippen MR) is 94.4 cm³/mol. The Bertz CT molecular complexity index is 747. The lowest BCUT2D eigenvalue weighted by Crippen LogP contribution is -2.29. The van der Waals surface area contributed by atoms with Gasteiger partial charge >= 0.3 is 0 Å². The van der Waals surface area contributed by atoms with Crippen molar-refractivity contribution in [1.29, 1.82) is 0 Å². The molecule has 1 atom stereocenters. The molecule has 0 aliphatic carbocycles. The third-order valence-electron chi connectivity index (χ3n) is 3.73. The van der Waals surface area contributed by atoms with E-state index in [1.54, 1.807) is 23.5 Å². The number of halogens is 1. The Balaban J connectivity index is 1.58. The number of nitrogens with one attached hydrogen (secondary N) is 1. The van der Waals surface area contributed by atoms with Gasteiger partial charge in [-0.25, -0.2) is 4.98 Å². The van der Waals surface area contributed by atoms with Gasteiger partial charge in [0, 0.05) is 34.6 Å². The summed E-state index contributed by atoms with van der Waals surface area (Å²) in [7, 11) is 0. The van der Waals surface area contributed by atoms with Crippen LogP contribution in [-0.4, -0.2) is 30.6 Å². The zero-order valence-electron chi connectivity index (χ0n) is 13.6. The van der Waals surface area contributed by atoms with Gasteiger partial charge < -0.3 is 14.8 Å². The quantitative estimate of drug-likeness (QED) is 0.881. The van der Waals surface area contributed by atoms with Gasteiger partial charge in [-0.15, -0.1) is 11.3 Å². The molecule has 0 radical (unpaired) electrons. The zero-order valence-corrected chi connectivity index (χ0v) is 15.2. The average molecular weight is 367 g/mol. The van der Waals surface area contributed by atoms with Gasteiger partial charge in [-0.1, -0.05) is 18.5 Å². The molecule has 1 amide bonds. The molecule has 1 aliphatic rings. The number of carbonyl (C=O) groups excluding carboxylic acids is 1. The molecule has 24 heavy (non-hydrogen) atoms. The maximum absolute atomic E-state index is 12.2. The van der Waals surface area contributed by atoms with Gasteiger partial charge in [0.2, 0.25) is 5.91 Å². The van der Waals surface area contributed by atoms with Crippen LogP contribution in [0.4, 0.5) is 0 Å². The minimum Gasteiger partial charge on any atom is -0.486 e. The van der Waals surface area contributed by atoms with E-state index in [9.17, 15) is 4.79 Å². The first-order chi connectivity index (χ1) is 11.5. The molecule has 1 aromatic carbocycles. The average Bonchev–Trinajstić information content (AvgIpc) is 3.00. The van der Waals surface area contributed by atoms with Crippen molar-refractivity contribution in [3.63, 3.8) is 0 Å². The van der Waals surface area contributed by atoms with E-state index in [4.69, 9.17) is 21.1 Å². The number of hydrogen-bond acceptors (Lipinski definition) is 5. The van der Waals surface area contributed by atoms with E-state index in [-0.39, 0.29) is 18.2 Å². The van der Waals surface area contributed by atoms with Crippen LogP contribution in [0.2, 0.25) is 5.02 Å². The van der Waals surface area contributed by atoms with E-state index in [1.165, 1.54) is 0 Å². The lowest BCUT2D eigenvalue weighted by molar-refractivity contribution is -0.120. The summed E-state index contributed by atoms with van der Waals surface area (Å²) in [6.45, 7) is 5.58. The number of benzene rings is 1. The Kier molecular flexibility index (Phi) is 5.26. The summed E-state index contributed by atoms with van der Waals surface area (Å²) in [5, 5.41) is 6.50. The van der Waals surface area contributed by atoms with Crippen molar-refractivity contribution >= 4 is 28.8 Å². The third-order valence-corrected chi connectivity index (χ3v) is 5.27. The van der Waals surface area contributed by atoms with Crippen LogP contribution in [0, 0.1) is 6.92 Å². The Labute approximate surface area is 150 Å². The highest BCUT2D eigenvalue weighted by atomic mass is 35.5. The number of aryl methyl sites for hydroxylation is 1. The Morgan fingerprint density at radius 3 is 2.75 bits per heavy atom. The Morgan fingerprint density at radius 1 is 1.38 bits per heavy atom. The van der Waals surface area contributed by atoms with Crippen LogP contribution in [-0.2, 0) is 11.2 Å². The largest absolute Gasteiger partial charge is 0.486 e. The van der Waals surface area contributed by atoms with E-state index in [2.05, 4.69) is 17.2 Å². The number of amides is 1. The first-order valence-electron chi connectivity index (χ1n) is 7.79. The van der Waals surface area contributed by atoms with Gasteiger partial charge in [0.1, 0.15) is 13.2 Å². The molecule has 0 unspecified atom stereocenters. The summed E-state index contributed by atoms with van der Waals surface area (Å²) in [5.74, 6) is 1.38. The number of thiazole rings is 1. The molecule has 0 spiro atoms. The third kappa shape index (κ3) is 3.99. The highest BCUT2D eigenvalue weighted by Gasteiger charge is 2.17. The second-order valence-corrected chi connectivity index (χ2v) is 7.09. The summed E-state index contributed by atoms with van der Waals surface area (Å²) >= 11 is 7.86. The topological polar surface area (TPSA) is 60.5 Å². The highest BCUT2D eigenvalue weighted by Crippen LogP contribution is 2.35. The van der Waals surface area contributed by atoms with Gasteiger partial charge in [0.05, 0.1) is 11.4 Å². The van der Waals surface area contributed by atoms with Crippen LogP contribution in [0.1, 0.15) is 29.1 Å². The van der Waals surface area contributed by atoms with Crippen molar-refractivity contribution in [3.8, 4) is 11.5 Å². The maximum atomic E-state index is 12.2. The summed E-state index contributed by atoms with van der Waals surface area (Å²) < 4.78 is 11.0. The Hall–Kier alpha value is -1.79. The molecule has 0 fully saturated rings. The molecule has 0 bridgehead atoms. The number of fused-ring (bicyclic) bond motifs is 1. The molecule has 2 aromatic rings. The normalized spacial score (nSPS) is 14.3. The highest BCUT2D eigenvalue weighted by molar-refractivity contribution is 7.09. The molecule has 128 valence electrons. The molecule has 0 saturated carbocycles. The van der Waals surface area contributed by atoms with Gasteiger partial charge in [0.15, 0.2) is 11.5 Å². The van der Waals surface area contributed by atoms with Crippen LogP contribution in [0.5, 0.6) is 11.5 Å². The second kappa shape index (κ2) is 7.40. The maximum Gasteiger partial charge on any atom is 0.224 e. The second-order valence-electron chi connectivity index (χ2n) is 5.80. The van der Waals surface area contributed by atoms with Crippen molar-refractivity contribution < 1.29 is 14.3 Å². The summed E-state index contributed by atoms with van der Waals surface area (Å²) in [6, 6.07) is 3.49. The van der Waals surface area contributed by atoms with Crippen LogP contribution >= 0.6 is 22.9 Å². The minimum atomic E-state index is -0.0753. The number of rotatable bonds is 5. The first-order valence-corrected chi connectivity index (χ1v) is 9.05. The van der Waals surface area contributed by atoms with Crippen LogP contribution in [0.25, 0.3) is 0 Å². The zero-order chi connectivity index (χ0) is 17.1. The fraction of sp³-hybridized carbons (Fsp3) is 0.412. The van der Waals surface area contributed by atoms with E-state index in [0.717, 1.165) is 16.3 Å². The van der Waals surface area contributed by atoms with Crippen molar-refractivity contribution in [2.24, 2.45) is 0 Å². The number of aromatic nitrogens is 1. The van der Waals surface area contributed by atoms with Crippen molar-refractivity contribution in [3.05, 3.63) is 38.8 Å². The van der Waals surface area contributed by atoms with Crippen molar-refractivity contribution in [1.82, 2.24) is 10.3 Å². The summed E-state index contributed by atoms with van der Waals surface area (Å²) in [6.07, 6.45) is 0.207. The molecule has 3 rings (SSSR count). The first kappa shape index (κ1) is 17.0. The number of nitrogens with zero attached hydrogens (tertiary/aromatic N) is 1. The van der Waals surface area contributed by atoms with E-state index in [1.807, 2.05) is 12.3 Å². The molecule has 2 heterocycles. The molecular formula is C17H19ClN2O3S. The minimum absolute atomic E-state index is 0.0753. The number of hydrogen-bond donors (Lipinski definition) is 1. The van der Waals surface area contributed by atoms with Crippen LogP contribution in [0.15, 0.2) is 17.5 Å². The molecule has 1 aliphatic heterocycles. The lowest BCUT2D eigenvalue weighted by Gasteiger charge is -2.19. The van der Waals surface area contributed by atoms with E-state index in [0.29, 0.717) is 36.3 Å². The summed E-state index contributed by atoms with van der Waals surface area (Å²) in [4.78, 5) is 16.7. The standard InChI is InChI=1S/C17H19ClN2O3S/c1-10(17-20-11(2)9-24-17)8-19-16(21)6-12-5-14-15(7-13(12)18)23-4-3-22-14/h5,7,9-10H,3-4,6,8H2,1-2H3,(H,19,21)/t10-/m1/s1. The van der Waals surface area contributed by atoms with E-state index < -0.39 is 0 Å². The predicted octanol–water partition coefficient (Wildman–Crippen LogP) is 3.34. The van der Waals surface area contributed by atoms with E-state index >= 15 is 0 Å². The molecular weight excluding hydrogens is 348 g/mol. The van der Waals surface area contributed by atoms with Crippen molar-refractivity contribution in [2.75, 3.05) is 19.8 Å². The molecule has 1 aromatic heterocycles. The smallest absolute Gasteiger partial charge is 0.224 e. The van der Waals surface area contributed by atoms with Gasteiger partial charge in [-0.2, -0.15) is 0 Å². The summed E-state index contributed by atoms with van der Waals surface area (Å²) in [5.41, 5.74) is 1.74. The van der Waals surface area contributed by atoms with Gasteiger partial charge in [0.25, 0.3) is 0 Å². The monoisotopic (exact) mass is 366 g/mol. The molecule has 1 N–H and O–H groups in total. The van der Waals surface area contributed by atoms with Crippen molar-refractivity contribution in [2.45, 2.75) is 26.2 Å². The fourth-order valence-electron chi connectivity index (χ4n) is 2.43. The van der Waals surface area contributed by atoms with Crippen LogP contribution < -0.4 is 14.8 Å². The molecule has 0 saturated heterocycles. The number of carbonyl (C=O) groups is 1. The van der Waals surface area contributed by atoms with Gasteiger partial charge in [-0.3, -0.25) is 4.79 Å². The Morgan fingerprint density at radius 2 is 2.08 bits per heavy atom. The molecule has 7 heteroatoms. The lowest BCUT2D eigenvalue weighted by atomic mass is 10.1. The fourth-order valence-corrected chi connectivity index (χ4v) is 3.51. The molecule has 5 nitrogen and oxygen atoms in total.